The Balaban J connectivity index is 2.80. The fourth-order valence-corrected chi connectivity index (χ4v) is 1.19. The highest BCUT2D eigenvalue weighted by Crippen LogP contribution is 2.27. The number of methoxy groups -OCH3 is 1. The van der Waals surface area contributed by atoms with E-state index in [1.54, 1.807) is 0 Å². The molecule has 14 heavy (non-hydrogen) atoms. The number of nitrogens with zero attached hydrogens (tertiary/aromatic N) is 2. The predicted molar refractivity (Wildman–Crippen MR) is 46.2 cm³/mol. The molecule has 0 atom stereocenters. The largest absolute Gasteiger partial charge is 0.494 e. The lowest BCUT2D eigenvalue weighted by Crippen LogP contribution is -1.90. The standard InChI is InChI=1S/C9H6FN2O2/c1-14-8-2-5-7(3-6(8)10)11-4-12-9(5)13/h2-4H,1H3. The SMILES string of the molecule is COc1cc2c([O])ncnc2cc1F. The summed E-state index contributed by atoms with van der Waals surface area (Å²) in [6, 6.07) is 2.45. The van der Waals surface area contributed by atoms with Crippen molar-refractivity contribution in [2.45, 2.75) is 0 Å². The van der Waals surface area contributed by atoms with Gasteiger partial charge in [0.15, 0.2) is 11.6 Å². The van der Waals surface area contributed by atoms with Crippen molar-refractivity contribution >= 4 is 10.9 Å². The Hall–Kier alpha value is -1.91. The minimum absolute atomic E-state index is 0.0180. The van der Waals surface area contributed by atoms with E-state index in [1.807, 2.05) is 0 Å². The van der Waals surface area contributed by atoms with Crippen LogP contribution in [0.3, 0.4) is 0 Å². The molecule has 2 rings (SSSR count). The number of aromatic nitrogens is 2. The van der Waals surface area contributed by atoms with Crippen LogP contribution in [-0.2, 0) is 5.11 Å². The van der Waals surface area contributed by atoms with E-state index in [0.717, 1.165) is 12.4 Å². The van der Waals surface area contributed by atoms with E-state index in [1.165, 1.54) is 13.2 Å². The van der Waals surface area contributed by atoms with Crippen LogP contribution < -0.4 is 4.74 Å². The maximum atomic E-state index is 13.2. The van der Waals surface area contributed by atoms with Crippen molar-refractivity contribution in [3.05, 3.63) is 24.3 Å². The molecule has 0 amide bonds. The van der Waals surface area contributed by atoms with Crippen molar-refractivity contribution in [1.29, 1.82) is 0 Å². The summed E-state index contributed by atoms with van der Waals surface area (Å²) >= 11 is 0. The number of hydrogen-bond acceptors (Lipinski definition) is 3. The van der Waals surface area contributed by atoms with Gasteiger partial charge in [-0.1, -0.05) is 0 Å². The van der Waals surface area contributed by atoms with Crippen LogP contribution in [-0.4, -0.2) is 17.1 Å². The summed E-state index contributed by atoms with van der Waals surface area (Å²) in [6.45, 7) is 0. The third-order valence-electron chi connectivity index (χ3n) is 1.87. The molecule has 0 spiro atoms. The van der Waals surface area contributed by atoms with Crippen molar-refractivity contribution in [1.82, 2.24) is 9.97 Å². The highest BCUT2D eigenvalue weighted by atomic mass is 19.1. The van der Waals surface area contributed by atoms with E-state index in [2.05, 4.69) is 9.97 Å². The molecule has 1 aromatic carbocycles. The van der Waals surface area contributed by atoms with Crippen LogP contribution in [0.4, 0.5) is 4.39 Å². The zero-order valence-electron chi connectivity index (χ0n) is 7.32. The lowest BCUT2D eigenvalue weighted by molar-refractivity contribution is 0.342. The molecule has 71 valence electrons. The van der Waals surface area contributed by atoms with Gasteiger partial charge in [0, 0.05) is 6.07 Å². The Morgan fingerprint density at radius 2 is 2.14 bits per heavy atom. The topological polar surface area (TPSA) is 54.9 Å². The van der Waals surface area contributed by atoms with Gasteiger partial charge in [-0.25, -0.2) is 9.37 Å². The van der Waals surface area contributed by atoms with E-state index >= 15 is 0 Å². The van der Waals surface area contributed by atoms with Crippen LogP contribution in [0.1, 0.15) is 0 Å². The maximum absolute atomic E-state index is 13.2. The molecule has 0 aliphatic heterocycles. The van der Waals surface area contributed by atoms with Gasteiger partial charge in [-0.05, 0) is 6.07 Å². The van der Waals surface area contributed by atoms with E-state index in [9.17, 15) is 9.50 Å². The van der Waals surface area contributed by atoms with E-state index < -0.39 is 11.7 Å². The fraction of sp³-hybridized carbons (Fsp3) is 0.111. The fourth-order valence-electron chi connectivity index (χ4n) is 1.19. The molecular formula is C9H6FN2O2. The van der Waals surface area contributed by atoms with Crippen molar-refractivity contribution < 1.29 is 14.2 Å². The van der Waals surface area contributed by atoms with Gasteiger partial charge in [-0.3, -0.25) is 5.11 Å². The summed E-state index contributed by atoms with van der Waals surface area (Å²) in [6.07, 6.45) is 1.11. The molecule has 0 aliphatic rings. The molecule has 1 heterocycles. The molecule has 0 saturated carbocycles. The molecule has 0 unspecified atom stereocenters. The molecule has 5 heteroatoms. The van der Waals surface area contributed by atoms with Crippen molar-refractivity contribution in [2.75, 3.05) is 7.11 Å². The van der Waals surface area contributed by atoms with Gasteiger partial charge >= 0.3 is 0 Å². The second kappa shape index (κ2) is 3.10. The minimum atomic E-state index is -0.543. The smallest absolute Gasteiger partial charge is 0.280 e. The van der Waals surface area contributed by atoms with Crippen LogP contribution in [0.25, 0.3) is 10.9 Å². The number of ether oxygens (including phenoxy) is 1. The summed E-state index contributed by atoms with van der Waals surface area (Å²) in [5.41, 5.74) is 0.281. The van der Waals surface area contributed by atoms with Crippen LogP contribution in [0.15, 0.2) is 18.5 Å². The quantitative estimate of drug-likeness (QED) is 0.695. The van der Waals surface area contributed by atoms with Gasteiger partial charge in [0.25, 0.3) is 5.88 Å². The normalized spacial score (nSPS) is 10.4. The van der Waals surface area contributed by atoms with Crippen LogP contribution in [0, 0.1) is 5.82 Å². The number of rotatable bonds is 1. The minimum Gasteiger partial charge on any atom is -0.494 e. The van der Waals surface area contributed by atoms with E-state index in [-0.39, 0.29) is 16.7 Å². The molecule has 0 aliphatic carbocycles. The second-order valence-corrected chi connectivity index (χ2v) is 2.68. The van der Waals surface area contributed by atoms with Gasteiger partial charge in [-0.15, -0.1) is 0 Å². The first-order valence-electron chi connectivity index (χ1n) is 3.87. The lowest BCUT2D eigenvalue weighted by Gasteiger charge is -2.03. The van der Waals surface area contributed by atoms with Gasteiger partial charge in [0.1, 0.15) is 6.33 Å². The summed E-state index contributed by atoms with van der Waals surface area (Å²) < 4.78 is 17.9. The zero-order valence-corrected chi connectivity index (χ0v) is 7.32. The van der Waals surface area contributed by atoms with Crippen molar-refractivity contribution in [3.8, 4) is 11.6 Å². The predicted octanol–water partition coefficient (Wildman–Crippen LogP) is 1.92. The summed E-state index contributed by atoms with van der Waals surface area (Å²) in [5, 5.41) is 11.5. The Kier molecular flexibility index (Phi) is 1.92. The number of fused-ring (bicyclic) bond motifs is 1. The Morgan fingerprint density at radius 3 is 2.86 bits per heavy atom. The van der Waals surface area contributed by atoms with Gasteiger partial charge in [-0.2, -0.15) is 4.98 Å². The highest BCUT2D eigenvalue weighted by Gasteiger charge is 2.09. The molecule has 0 N–H and O–H groups in total. The van der Waals surface area contributed by atoms with E-state index in [4.69, 9.17) is 4.74 Å². The molecule has 0 fully saturated rings. The van der Waals surface area contributed by atoms with Crippen LogP contribution >= 0.6 is 0 Å². The van der Waals surface area contributed by atoms with Gasteiger partial charge in [0.2, 0.25) is 0 Å². The lowest BCUT2D eigenvalue weighted by atomic mass is 10.2. The monoisotopic (exact) mass is 193 g/mol. The van der Waals surface area contributed by atoms with Gasteiger partial charge in [0.05, 0.1) is 18.0 Å². The molecule has 1 aromatic heterocycles. The first kappa shape index (κ1) is 8.68. The summed E-state index contributed by atoms with van der Waals surface area (Å²) in [7, 11) is 1.33. The zero-order chi connectivity index (χ0) is 10.1. The third kappa shape index (κ3) is 1.22. The summed E-state index contributed by atoms with van der Waals surface area (Å²) in [4.78, 5) is 7.24. The molecule has 2 aromatic rings. The van der Waals surface area contributed by atoms with Crippen LogP contribution in [0.5, 0.6) is 11.6 Å². The van der Waals surface area contributed by atoms with E-state index in [0.29, 0.717) is 0 Å². The number of halogens is 1. The Labute approximate surface area is 79.0 Å². The molecule has 0 saturated heterocycles. The molecule has 0 bridgehead atoms. The Bertz CT molecular complexity index is 487. The first-order valence-corrected chi connectivity index (χ1v) is 3.87. The highest BCUT2D eigenvalue weighted by molar-refractivity contribution is 5.84. The van der Waals surface area contributed by atoms with Crippen molar-refractivity contribution in [2.24, 2.45) is 0 Å². The first-order chi connectivity index (χ1) is 6.72. The van der Waals surface area contributed by atoms with Gasteiger partial charge < -0.3 is 4.74 Å². The maximum Gasteiger partial charge on any atom is 0.280 e. The molecular weight excluding hydrogens is 187 g/mol. The van der Waals surface area contributed by atoms with Crippen LogP contribution in [0.2, 0.25) is 0 Å². The number of benzene rings is 1. The third-order valence-corrected chi connectivity index (χ3v) is 1.87. The molecule has 4 nitrogen and oxygen atoms in total. The number of hydrogen-bond donors (Lipinski definition) is 0. The van der Waals surface area contributed by atoms with Crippen molar-refractivity contribution in [3.63, 3.8) is 0 Å². The second-order valence-electron chi connectivity index (χ2n) is 2.68. The average molecular weight is 193 g/mol. The average Bonchev–Trinajstić information content (AvgIpc) is 2.17. The summed E-state index contributed by atoms with van der Waals surface area (Å²) in [5.74, 6) is -0.962. The Morgan fingerprint density at radius 1 is 1.36 bits per heavy atom. The molecule has 1 radical (unpaired) electrons.